The zero-order valence-corrected chi connectivity index (χ0v) is 11.7. The second-order valence-corrected chi connectivity index (χ2v) is 5.43. The van der Waals surface area contributed by atoms with Gasteiger partial charge in [0.25, 0.3) is 0 Å². The van der Waals surface area contributed by atoms with Crippen molar-refractivity contribution >= 4 is 17.7 Å². The Morgan fingerprint density at radius 2 is 2.19 bits per heavy atom. The largest absolute Gasteiger partial charge is 0.508 e. The van der Waals surface area contributed by atoms with E-state index >= 15 is 0 Å². The lowest BCUT2D eigenvalue weighted by atomic mass is 10.3. The Morgan fingerprint density at radius 3 is 2.90 bits per heavy atom. The van der Waals surface area contributed by atoms with Crippen molar-refractivity contribution in [2.24, 2.45) is 5.92 Å². The van der Waals surface area contributed by atoms with Crippen LogP contribution in [0.3, 0.4) is 0 Å². The summed E-state index contributed by atoms with van der Waals surface area (Å²) in [4.78, 5) is 11.8. The van der Waals surface area contributed by atoms with Crippen molar-refractivity contribution in [1.82, 2.24) is 0 Å². The lowest BCUT2D eigenvalue weighted by Gasteiger charge is -2.01. The number of nitrogens with one attached hydrogen (secondary N) is 1. The number of rotatable bonds is 4. The molecule has 1 saturated carbocycles. The molecule has 1 aliphatic carbocycles. The van der Waals surface area contributed by atoms with Crippen molar-refractivity contribution in [3.05, 3.63) is 54.0 Å². The summed E-state index contributed by atoms with van der Waals surface area (Å²) in [5.41, 5.74) is 0.552. The van der Waals surface area contributed by atoms with E-state index in [2.05, 4.69) is 12.2 Å². The second kappa shape index (κ2) is 5.48. The summed E-state index contributed by atoms with van der Waals surface area (Å²) in [6.07, 6.45) is 4.24. The van der Waals surface area contributed by atoms with Crippen molar-refractivity contribution in [2.45, 2.75) is 19.3 Å². The van der Waals surface area contributed by atoms with Crippen LogP contribution < -0.4 is 5.32 Å². The van der Waals surface area contributed by atoms with Crippen molar-refractivity contribution in [3.63, 3.8) is 0 Å². The van der Waals surface area contributed by atoms with Crippen LogP contribution in [0, 0.1) is 5.92 Å². The van der Waals surface area contributed by atoms with Gasteiger partial charge in [-0.15, -0.1) is 0 Å². The number of hydrogen-bond acceptors (Lipinski definition) is 3. The van der Waals surface area contributed by atoms with Crippen LogP contribution in [0.5, 0.6) is 5.75 Å². The van der Waals surface area contributed by atoms with Gasteiger partial charge in [0.2, 0.25) is 5.91 Å². The van der Waals surface area contributed by atoms with Gasteiger partial charge in [-0.3, -0.25) is 4.79 Å². The average molecular weight is 283 g/mol. The molecule has 0 aliphatic heterocycles. The third-order valence-corrected chi connectivity index (χ3v) is 3.64. The lowest BCUT2D eigenvalue weighted by molar-refractivity contribution is -0.111. The van der Waals surface area contributed by atoms with E-state index in [0.29, 0.717) is 23.3 Å². The molecule has 2 atom stereocenters. The van der Waals surface area contributed by atoms with E-state index in [1.54, 1.807) is 24.3 Å². The van der Waals surface area contributed by atoms with E-state index in [1.165, 1.54) is 18.6 Å². The Hall–Kier alpha value is -2.49. The third-order valence-electron chi connectivity index (χ3n) is 3.64. The summed E-state index contributed by atoms with van der Waals surface area (Å²) in [6.45, 7) is 2.20. The van der Waals surface area contributed by atoms with Crippen LogP contribution in [-0.4, -0.2) is 11.0 Å². The van der Waals surface area contributed by atoms with Gasteiger partial charge >= 0.3 is 0 Å². The van der Waals surface area contributed by atoms with Crippen LogP contribution in [0.1, 0.15) is 30.8 Å². The number of hydrogen-bond donors (Lipinski definition) is 2. The zero-order valence-electron chi connectivity index (χ0n) is 11.7. The highest BCUT2D eigenvalue weighted by molar-refractivity contribution is 6.01. The number of anilines is 1. The van der Waals surface area contributed by atoms with Gasteiger partial charge in [-0.1, -0.05) is 13.0 Å². The zero-order chi connectivity index (χ0) is 14.8. The van der Waals surface area contributed by atoms with Crippen LogP contribution in [0.4, 0.5) is 5.69 Å². The molecule has 0 spiro atoms. The maximum atomic E-state index is 11.8. The molecule has 3 rings (SSSR count). The summed E-state index contributed by atoms with van der Waals surface area (Å²) in [5, 5.41) is 12.0. The summed E-state index contributed by atoms with van der Waals surface area (Å²) in [5.74, 6) is 2.75. The Bertz CT molecular complexity index is 687. The Kier molecular flexibility index (Phi) is 3.52. The van der Waals surface area contributed by atoms with Crippen LogP contribution >= 0.6 is 0 Å². The maximum absolute atomic E-state index is 11.8. The first-order valence-corrected chi connectivity index (χ1v) is 6.99. The highest BCUT2D eigenvalue weighted by Crippen LogP contribution is 2.47. The van der Waals surface area contributed by atoms with Gasteiger partial charge in [-0.2, -0.15) is 0 Å². The van der Waals surface area contributed by atoms with Gasteiger partial charge in [-0.25, -0.2) is 0 Å². The van der Waals surface area contributed by atoms with E-state index in [4.69, 9.17) is 4.42 Å². The highest BCUT2D eigenvalue weighted by Gasteiger charge is 2.36. The highest BCUT2D eigenvalue weighted by atomic mass is 16.3. The first-order chi connectivity index (χ1) is 10.1. The Morgan fingerprint density at radius 1 is 1.38 bits per heavy atom. The van der Waals surface area contributed by atoms with Crippen LogP contribution in [0.2, 0.25) is 0 Å². The van der Waals surface area contributed by atoms with Gasteiger partial charge in [-0.05, 0) is 42.7 Å². The molecule has 0 saturated heterocycles. The van der Waals surface area contributed by atoms with Crippen molar-refractivity contribution < 1.29 is 14.3 Å². The molecule has 4 heteroatoms. The van der Waals surface area contributed by atoms with Gasteiger partial charge < -0.3 is 14.8 Å². The summed E-state index contributed by atoms with van der Waals surface area (Å²) in [7, 11) is 0. The molecule has 4 nitrogen and oxygen atoms in total. The maximum Gasteiger partial charge on any atom is 0.248 e. The average Bonchev–Trinajstić information content (AvgIpc) is 3.00. The molecule has 2 unspecified atom stereocenters. The fourth-order valence-corrected chi connectivity index (χ4v) is 2.30. The molecule has 0 bridgehead atoms. The van der Waals surface area contributed by atoms with Gasteiger partial charge in [0.1, 0.15) is 17.3 Å². The molecule has 21 heavy (non-hydrogen) atoms. The molecular weight excluding hydrogens is 266 g/mol. The number of amides is 1. The number of phenols is 1. The third kappa shape index (κ3) is 3.34. The molecule has 1 amide bonds. The van der Waals surface area contributed by atoms with Gasteiger partial charge in [0.15, 0.2) is 0 Å². The fraction of sp³-hybridized carbons (Fsp3) is 0.235. The molecule has 2 aromatic rings. The molecule has 0 radical (unpaired) electrons. The Labute approximate surface area is 123 Å². The number of carbonyl (C=O) groups excluding carboxylic acids is 1. The monoisotopic (exact) mass is 283 g/mol. The minimum atomic E-state index is -0.265. The van der Waals surface area contributed by atoms with Crippen LogP contribution in [0.25, 0.3) is 6.08 Å². The minimum absolute atomic E-state index is 0.117. The van der Waals surface area contributed by atoms with Gasteiger partial charge in [0, 0.05) is 23.7 Å². The summed E-state index contributed by atoms with van der Waals surface area (Å²) < 4.78 is 5.69. The van der Waals surface area contributed by atoms with E-state index in [-0.39, 0.29) is 11.7 Å². The number of benzene rings is 1. The second-order valence-electron chi connectivity index (χ2n) is 5.43. The van der Waals surface area contributed by atoms with E-state index < -0.39 is 0 Å². The number of carbonyl (C=O) groups is 1. The topological polar surface area (TPSA) is 62.5 Å². The SMILES string of the molecule is CC1CC1c1ccc(/C=C/C(=O)Nc2cccc(O)c2)o1. The van der Waals surface area contributed by atoms with Crippen LogP contribution in [0.15, 0.2) is 46.9 Å². The predicted molar refractivity (Wildman–Crippen MR) is 81.0 cm³/mol. The van der Waals surface area contributed by atoms with E-state index in [0.717, 1.165) is 5.76 Å². The fourth-order valence-electron chi connectivity index (χ4n) is 2.30. The molecule has 1 aromatic carbocycles. The van der Waals surface area contributed by atoms with Crippen molar-refractivity contribution in [2.75, 3.05) is 5.32 Å². The molecule has 1 fully saturated rings. The van der Waals surface area contributed by atoms with Gasteiger partial charge in [0.05, 0.1) is 0 Å². The Balaban J connectivity index is 1.60. The first kappa shape index (κ1) is 13.5. The molecule has 1 aliphatic rings. The summed E-state index contributed by atoms with van der Waals surface area (Å²) in [6, 6.07) is 10.3. The normalized spacial score (nSPS) is 20.6. The molecule has 1 heterocycles. The predicted octanol–water partition coefficient (Wildman–Crippen LogP) is 3.76. The smallest absolute Gasteiger partial charge is 0.248 e. The first-order valence-electron chi connectivity index (χ1n) is 6.99. The molecule has 2 N–H and O–H groups in total. The number of furan rings is 1. The number of phenolic OH excluding ortho intramolecular Hbond substituents is 1. The van der Waals surface area contributed by atoms with Crippen LogP contribution in [-0.2, 0) is 4.79 Å². The molecule has 108 valence electrons. The van der Waals surface area contributed by atoms with E-state index in [1.807, 2.05) is 12.1 Å². The molecular formula is C17H17NO3. The van der Waals surface area contributed by atoms with Crippen molar-refractivity contribution in [3.8, 4) is 5.75 Å². The molecule has 1 aromatic heterocycles. The quantitative estimate of drug-likeness (QED) is 0.840. The van der Waals surface area contributed by atoms with E-state index in [9.17, 15) is 9.90 Å². The summed E-state index contributed by atoms with van der Waals surface area (Å²) >= 11 is 0. The number of aromatic hydroxyl groups is 1. The van der Waals surface area contributed by atoms with Crippen molar-refractivity contribution in [1.29, 1.82) is 0 Å². The standard InChI is InChI=1S/C17H17NO3/c1-11-9-15(11)16-7-5-14(21-16)6-8-17(20)18-12-3-2-4-13(19)10-12/h2-8,10-11,15,19H,9H2,1H3,(H,18,20)/b8-6+. The lowest BCUT2D eigenvalue weighted by Crippen LogP contribution is -2.07. The minimum Gasteiger partial charge on any atom is -0.508 e.